The molecular weight excluding hydrogens is 446 g/mol. The van der Waals surface area contributed by atoms with Gasteiger partial charge in [0.2, 0.25) is 15.9 Å². The number of sulfonamides is 1. The van der Waals surface area contributed by atoms with Crippen molar-refractivity contribution in [3.63, 3.8) is 0 Å². The van der Waals surface area contributed by atoms with Crippen LogP contribution in [0.5, 0.6) is 0 Å². The van der Waals surface area contributed by atoms with Gasteiger partial charge >= 0.3 is 0 Å². The molecule has 162 valence electrons. The highest BCUT2D eigenvalue weighted by atomic mass is 35.5. The van der Waals surface area contributed by atoms with Crippen LogP contribution >= 0.6 is 11.6 Å². The zero-order valence-corrected chi connectivity index (χ0v) is 18.1. The summed E-state index contributed by atoms with van der Waals surface area (Å²) < 4.78 is 54.4. The van der Waals surface area contributed by atoms with Crippen LogP contribution in [0.3, 0.4) is 0 Å². The third-order valence-corrected chi connectivity index (χ3v) is 6.51. The number of amides is 1. The van der Waals surface area contributed by atoms with Crippen LogP contribution < -0.4 is 5.32 Å². The van der Waals surface area contributed by atoms with Crippen LogP contribution in [0.2, 0.25) is 5.02 Å². The molecule has 1 amide bonds. The lowest BCUT2D eigenvalue weighted by molar-refractivity contribution is -0.116. The van der Waals surface area contributed by atoms with E-state index in [1.54, 1.807) is 36.4 Å². The predicted molar refractivity (Wildman–Crippen MR) is 115 cm³/mol. The lowest BCUT2D eigenvalue weighted by Gasteiger charge is -2.22. The molecule has 1 N–H and O–H groups in total. The van der Waals surface area contributed by atoms with Crippen molar-refractivity contribution < 1.29 is 22.0 Å². The van der Waals surface area contributed by atoms with Gasteiger partial charge in [-0.2, -0.15) is 4.31 Å². The average Bonchev–Trinajstić information content (AvgIpc) is 2.71. The minimum absolute atomic E-state index is 0.0211. The van der Waals surface area contributed by atoms with Crippen LogP contribution in [0.1, 0.15) is 11.1 Å². The first-order valence-electron chi connectivity index (χ1n) is 9.21. The van der Waals surface area contributed by atoms with Crippen molar-refractivity contribution in [1.29, 1.82) is 0 Å². The largest absolute Gasteiger partial charge is 0.322 e. The number of halogens is 3. The summed E-state index contributed by atoms with van der Waals surface area (Å²) in [4.78, 5) is 12.6. The maximum atomic E-state index is 13.9. The van der Waals surface area contributed by atoms with Crippen LogP contribution in [-0.4, -0.2) is 25.2 Å². The number of nitrogens with one attached hydrogen (secondary N) is 1. The molecule has 3 aromatic carbocycles. The summed E-state index contributed by atoms with van der Waals surface area (Å²) in [6.07, 6.45) is 0. The van der Waals surface area contributed by atoms with Crippen LogP contribution in [0.15, 0.2) is 71.6 Å². The fourth-order valence-corrected chi connectivity index (χ4v) is 4.33. The van der Waals surface area contributed by atoms with Crippen molar-refractivity contribution in [3.05, 3.63) is 94.5 Å². The number of hydrogen-bond donors (Lipinski definition) is 1. The van der Waals surface area contributed by atoms with E-state index in [1.807, 2.05) is 6.92 Å². The van der Waals surface area contributed by atoms with E-state index in [0.29, 0.717) is 16.7 Å². The Bertz CT molecular complexity index is 1180. The standard InChI is InChI=1S/C22H19ClF2N2O3S/c1-15-2-9-19(10-3-15)31(29,30)27(13-16-4-6-17(23)7-5-16)14-22(28)26-21-11-8-18(24)12-20(21)25/h2-12H,13-14H2,1H3,(H,26,28). The van der Waals surface area contributed by atoms with Crippen LogP contribution in [0.25, 0.3) is 0 Å². The first-order chi connectivity index (χ1) is 14.6. The molecule has 0 aliphatic carbocycles. The van der Waals surface area contributed by atoms with Crippen LogP contribution in [0.4, 0.5) is 14.5 Å². The fraction of sp³-hybridized carbons (Fsp3) is 0.136. The van der Waals surface area contributed by atoms with E-state index in [2.05, 4.69) is 5.32 Å². The number of benzene rings is 3. The van der Waals surface area contributed by atoms with Gasteiger partial charge in [0.05, 0.1) is 17.1 Å². The molecule has 0 saturated heterocycles. The van der Waals surface area contributed by atoms with Gasteiger partial charge < -0.3 is 5.32 Å². The summed E-state index contributed by atoms with van der Waals surface area (Å²) in [5, 5.41) is 2.77. The fourth-order valence-electron chi connectivity index (χ4n) is 2.82. The minimum Gasteiger partial charge on any atom is -0.322 e. The van der Waals surface area contributed by atoms with Crippen molar-refractivity contribution >= 4 is 33.2 Å². The third-order valence-electron chi connectivity index (χ3n) is 4.46. The normalized spacial score (nSPS) is 11.5. The first kappa shape index (κ1) is 22.9. The molecule has 0 bridgehead atoms. The maximum Gasteiger partial charge on any atom is 0.243 e. The Morgan fingerprint density at radius 3 is 2.26 bits per heavy atom. The van der Waals surface area contributed by atoms with Crippen molar-refractivity contribution in [3.8, 4) is 0 Å². The quantitative estimate of drug-likeness (QED) is 0.548. The monoisotopic (exact) mass is 464 g/mol. The molecule has 0 fully saturated rings. The van der Waals surface area contributed by atoms with Crippen molar-refractivity contribution in [2.45, 2.75) is 18.4 Å². The molecule has 0 heterocycles. The molecule has 0 unspecified atom stereocenters. The predicted octanol–water partition coefficient (Wildman–Crippen LogP) is 4.76. The molecule has 0 aliphatic rings. The van der Waals surface area contributed by atoms with Gasteiger partial charge in [-0.25, -0.2) is 17.2 Å². The number of carbonyl (C=O) groups excluding carboxylic acids is 1. The van der Waals surface area contributed by atoms with E-state index >= 15 is 0 Å². The average molecular weight is 465 g/mol. The summed E-state index contributed by atoms with van der Waals surface area (Å²) in [6, 6.07) is 15.4. The van der Waals surface area contributed by atoms with Crippen molar-refractivity contribution in [2.75, 3.05) is 11.9 Å². The molecule has 0 spiro atoms. The molecule has 5 nitrogen and oxygen atoms in total. The number of nitrogens with zero attached hydrogens (tertiary/aromatic N) is 1. The second-order valence-corrected chi connectivity index (χ2v) is 9.26. The summed E-state index contributed by atoms with van der Waals surface area (Å²) in [5.74, 6) is -2.52. The zero-order valence-electron chi connectivity index (χ0n) is 16.5. The van der Waals surface area contributed by atoms with E-state index in [1.165, 1.54) is 12.1 Å². The van der Waals surface area contributed by atoms with Crippen molar-refractivity contribution in [2.24, 2.45) is 0 Å². The van der Waals surface area contributed by atoms with Gasteiger partial charge in [0.25, 0.3) is 0 Å². The Hall–Kier alpha value is -2.81. The van der Waals surface area contributed by atoms with Gasteiger partial charge in [0, 0.05) is 17.6 Å². The topological polar surface area (TPSA) is 66.5 Å². The number of hydrogen-bond acceptors (Lipinski definition) is 3. The SMILES string of the molecule is Cc1ccc(S(=O)(=O)N(CC(=O)Nc2ccc(F)cc2F)Cc2ccc(Cl)cc2)cc1. The van der Waals surface area contributed by atoms with E-state index in [9.17, 15) is 22.0 Å². The van der Waals surface area contributed by atoms with E-state index in [-0.39, 0.29) is 17.1 Å². The molecule has 0 atom stereocenters. The lowest BCUT2D eigenvalue weighted by atomic mass is 10.2. The molecule has 0 aromatic heterocycles. The Balaban J connectivity index is 1.88. The van der Waals surface area contributed by atoms with E-state index in [0.717, 1.165) is 22.0 Å². The summed E-state index contributed by atoms with van der Waals surface area (Å²) in [7, 11) is -4.04. The second kappa shape index (κ2) is 9.55. The molecule has 0 aliphatic heterocycles. The van der Waals surface area contributed by atoms with Gasteiger partial charge in [0.1, 0.15) is 11.6 Å². The first-order valence-corrected chi connectivity index (χ1v) is 11.0. The smallest absolute Gasteiger partial charge is 0.243 e. The number of rotatable bonds is 7. The molecule has 9 heteroatoms. The van der Waals surface area contributed by atoms with E-state index < -0.39 is 34.1 Å². The highest BCUT2D eigenvalue weighted by molar-refractivity contribution is 7.89. The second-order valence-electron chi connectivity index (χ2n) is 6.88. The van der Waals surface area contributed by atoms with Gasteiger partial charge in [-0.1, -0.05) is 41.4 Å². The summed E-state index contributed by atoms with van der Waals surface area (Å²) in [6.45, 7) is 1.15. The van der Waals surface area contributed by atoms with Gasteiger partial charge in [0.15, 0.2) is 0 Å². The van der Waals surface area contributed by atoms with Crippen LogP contribution in [0, 0.1) is 18.6 Å². The molecule has 3 rings (SSSR count). The third kappa shape index (κ3) is 5.88. The van der Waals surface area contributed by atoms with Crippen LogP contribution in [-0.2, 0) is 21.4 Å². The van der Waals surface area contributed by atoms with Gasteiger partial charge in [-0.15, -0.1) is 0 Å². The van der Waals surface area contributed by atoms with E-state index in [4.69, 9.17) is 11.6 Å². The maximum absolute atomic E-state index is 13.9. The summed E-state index contributed by atoms with van der Waals surface area (Å²) in [5.41, 5.74) is 1.25. The Morgan fingerprint density at radius 1 is 1.00 bits per heavy atom. The van der Waals surface area contributed by atoms with Gasteiger partial charge in [-0.3, -0.25) is 4.79 Å². The molecule has 0 saturated carbocycles. The Morgan fingerprint density at radius 2 is 1.65 bits per heavy atom. The highest BCUT2D eigenvalue weighted by Crippen LogP contribution is 2.21. The molecular formula is C22H19ClF2N2O3S. The van der Waals surface area contributed by atoms with Crippen molar-refractivity contribution in [1.82, 2.24) is 4.31 Å². The van der Waals surface area contributed by atoms with Gasteiger partial charge in [-0.05, 0) is 48.9 Å². The number of carbonyl (C=O) groups is 1. The Labute approximate surface area is 184 Å². The zero-order chi connectivity index (χ0) is 22.6. The summed E-state index contributed by atoms with van der Waals surface area (Å²) >= 11 is 5.89. The minimum atomic E-state index is -4.04. The molecule has 0 radical (unpaired) electrons. The Kier molecular flexibility index (Phi) is 7.04. The highest BCUT2D eigenvalue weighted by Gasteiger charge is 2.27. The number of aryl methyl sites for hydroxylation is 1. The molecule has 3 aromatic rings. The molecule has 31 heavy (non-hydrogen) atoms. The number of anilines is 1. The lowest BCUT2D eigenvalue weighted by Crippen LogP contribution is -2.37.